The standard InChI is InChI=1S/C11H15N3O3S/c12-6-3-7-14(18(16,17)9-8-15)11-5-2-1-4-10(11)13/h1-2,4-5,15H,3,7-9,13H2. The number of hydrogen-bond acceptors (Lipinski definition) is 5. The molecule has 0 heterocycles. The summed E-state index contributed by atoms with van der Waals surface area (Å²) in [4.78, 5) is 0. The Morgan fingerprint density at radius 1 is 1.39 bits per heavy atom. The summed E-state index contributed by atoms with van der Waals surface area (Å²) < 4.78 is 25.1. The molecule has 6 nitrogen and oxygen atoms in total. The molecule has 0 aliphatic heterocycles. The van der Waals surface area contributed by atoms with Gasteiger partial charge in [-0.25, -0.2) is 8.42 Å². The van der Waals surface area contributed by atoms with E-state index in [0.29, 0.717) is 11.4 Å². The van der Waals surface area contributed by atoms with E-state index in [1.807, 2.05) is 6.07 Å². The molecule has 3 N–H and O–H groups in total. The molecule has 18 heavy (non-hydrogen) atoms. The van der Waals surface area contributed by atoms with E-state index in [4.69, 9.17) is 16.1 Å². The highest BCUT2D eigenvalue weighted by molar-refractivity contribution is 7.92. The molecule has 7 heteroatoms. The number of nitrogen functional groups attached to an aromatic ring is 1. The van der Waals surface area contributed by atoms with Crippen LogP contribution in [0.4, 0.5) is 11.4 Å². The van der Waals surface area contributed by atoms with Crippen LogP contribution in [0.5, 0.6) is 0 Å². The van der Waals surface area contributed by atoms with Crippen LogP contribution in [-0.4, -0.2) is 32.4 Å². The van der Waals surface area contributed by atoms with Crippen molar-refractivity contribution in [3.63, 3.8) is 0 Å². The minimum Gasteiger partial charge on any atom is -0.397 e. The molecule has 0 saturated carbocycles. The summed E-state index contributed by atoms with van der Waals surface area (Å²) in [5.74, 6) is -0.396. The van der Waals surface area contributed by atoms with Crippen molar-refractivity contribution in [2.75, 3.05) is 28.9 Å². The smallest absolute Gasteiger partial charge is 0.237 e. The molecule has 0 radical (unpaired) electrons. The number of hydrogen-bond donors (Lipinski definition) is 2. The number of nitriles is 1. The van der Waals surface area contributed by atoms with Crippen LogP contribution in [0, 0.1) is 11.3 Å². The van der Waals surface area contributed by atoms with E-state index in [1.54, 1.807) is 24.3 Å². The van der Waals surface area contributed by atoms with E-state index >= 15 is 0 Å². The molecular weight excluding hydrogens is 254 g/mol. The zero-order valence-electron chi connectivity index (χ0n) is 9.78. The Hall–Kier alpha value is -1.78. The molecule has 0 atom stereocenters. The summed E-state index contributed by atoms with van der Waals surface area (Å²) in [5, 5.41) is 17.4. The van der Waals surface area contributed by atoms with Gasteiger partial charge in [0.25, 0.3) is 0 Å². The lowest BCUT2D eigenvalue weighted by Gasteiger charge is -2.24. The van der Waals surface area contributed by atoms with Crippen molar-refractivity contribution >= 4 is 21.4 Å². The molecule has 0 saturated heterocycles. The van der Waals surface area contributed by atoms with Gasteiger partial charge in [-0.15, -0.1) is 0 Å². The molecule has 0 bridgehead atoms. The molecule has 0 spiro atoms. The van der Waals surface area contributed by atoms with Crippen molar-refractivity contribution < 1.29 is 13.5 Å². The maximum Gasteiger partial charge on any atom is 0.237 e. The average molecular weight is 269 g/mol. The first-order valence-electron chi connectivity index (χ1n) is 5.35. The van der Waals surface area contributed by atoms with Crippen molar-refractivity contribution in [1.82, 2.24) is 0 Å². The first kappa shape index (κ1) is 14.3. The number of rotatable bonds is 6. The number of aliphatic hydroxyl groups excluding tert-OH is 1. The normalized spacial score (nSPS) is 10.9. The van der Waals surface area contributed by atoms with Crippen LogP contribution in [0.25, 0.3) is 0 Å². The van der Waals surface area contributed by atoms with Gasteiger partial charge in [0.1, 0.15) is 0 Å². The maximum absolute atomic E-state index is 12.0. The Balaban J connectivity index is 3.15. The second-order valence-corrected chi connectivity index (χ2v) is 5.59. The summed E-state index contributed by atoms with van der Waals surface area (Å²) in [6, 6.07) is 8.41. The Morgan fingerprint density at radius 3 is 2.61 bits per heavy atom. The van der Waals surface area contributed by atoms with E-state index in [1.165, 1.54) is 0 Å². The molecule has 1 aromatic carbocycles. The number of nitrogens with two attached hydrogens (primary N) is 1. The minimum atomic E-state index is -3.67. The Kier molecular flexibility index (Phi) is 4.95. The molecule has 1 rings (SSSR count). The highest BCUT2D eigenvalue weighted by Crippen LogP contribution is 2.25. The third-order valence-electron chi connectivity index (χ3n) is 2.32. The predicted molar refractivity (Wildman–Crippen MR) is 69.3 cm³/mol. The van der Waals surface area contributed by atoms with Gasteiger partial charge in [0, 0.05) is 6.54 Å². The lowest BCUT2D eigenvalue weighted by atomic mass is 10.2. The maximum atomic E-state index is 12.0. The molecule has 0 aromatic heterocycles. The Labute approximate surface area is 106 Å². The predicted octanol–water partition coefficient (Wildman–Crippen LogP) is 0.311. The average Bonchev–Trinajstić information content (AvgIpc) is 2.31. The fraction of sp³-hybridized carbons (Fsp3) is 0.364. The molecule has 1 aromatic rings. The highest BCUT2D eigenvalue weighted by Gasteiger charge is 2.23. The van der Waals surface area contributed by atoms with Gasteiger partial charge in [-0.1, -0.05) is 12.1 Å². The van der Waals surface area contributed by atoms with E-state index < -0.39 is 22.4 Å². The lowest BCUT2D eigenvalue weighted by Crippen LogP contribution is -2.35. The topological polar surface area (TPSA) is 107 Å². The van der Waals surface area contributed by atoms with Gasteiger partial charge in [-0.2, -0.15) is 5.26 Å². The minimum absolute atomic E-state index is 0.0209. The van der Waals surface area contributed by atoms with Gasteiger partial charge in [-0.3, -0.25) is 4.31 Å². The first-order chi connectivity index (χ1) is 8.53. The van der Waals surface area contributed by atoms with E-state index in [0.717, 1.165) is 4.31 Å². The van der Waals surface area contributed by atoms with Crippen LogP contribution < -0.4 is 10.0 Å². The second-order valence-electron chi connectivity index (χ2n) is 3.58. The number of nitrogens with zero attached hydrogens (tertiary/aromatic N) is 2. The quantitative estimate of drug-likeness (QED) is 0.723. The van der Waals surface area contributed by atoms with E-state index in [2.05, 4.69) is 0 Å². The van der Waals surface area contributed by atoms with E-state index in [9.17, 15) is 8.42 Å². The van der Waals surface area contributed by atoms with Gasteiger partial charge in [0.05, 0.1) is 36.2 Å². The van der Waals surface area contributed by atoms with Gasteiger partial charge >= 0.3 is 0 Å². The Morgan fingerprint density at radius 2 is 2.06 bits per heavy atom. The van der Waals surface area contributed by atoms with Crippen LogP contribution in [0.15, 0.2) is 24.3 Å². The number of benzene rings is 1. The molecule has 0 amide bonds. The van der Waals surface area contributed by atoms with Gasteiger partial charge in [0.15, 0.2) is 0 Å². The van der Waals surface area contributed by atoms with Crippen molar-refractivity contribution in [3.05, 3.63) is 24.3 Å². The van der Waals surface area contributed by atoms with E-state index in [-0.39, 0.29) is 13.0 Å². The van der Waals surface area contributed by atoms with Crippen LogP contribution in [-0.2, 0) is 10.0 Å². The van der Waals surface area contributed by atoms with Gasteiger partial charge in [0.2, 0.25) is 10.0 Å². The van der Waals surface area contributed by atoms with Crippen LogP contribution in [0.3, 0.4) is 0 Å². The fourth-order valence-electron chi connectivity index (χ4n) is 1.50. The van der Waals surface area contributed by atoms with Crippen molar-refractivity contribution in [1.29, 1.82) is 5.26 Å². The van der Waals surface area contributed by atoms with Crippen molar-refractivity contribution in [2.45, 2.75) is 6.42 Å². The lowest BCUT2D eigenvalue weighted by molar-refractivity contribution is 0.319. The van der Waals surface area contributed by atoms with Crippen molar-refractivity contribution in [2.24, 2.45) is 0 Å². The van der Waals surface area contributed by atoms with Gasteiger partial charge in [-0.05, 0) is 12.1 Å². The number of anilines is 2. The zero-order valence-corrected chi connectivity index (χ0v) is 10.6. The monoisotopic (exact) mass is 269 g/mol. The summed E-state index contributed by atoms with van der Waals surface area (Å²) in [7, 11) is -3.67. The summed E-state index contributed by atoms with van der Waals surface area (Å²) in [5.41, 5.74) is 6.39. The SMILES string of the molecule is N#CCCN(c1ccccc1N)S(=O)(=O)CCO. The van der Waals surface area contributed by atoms with Crippen LogP contribution >= 0.6 is 0 Å². The fourth-order valence-corrected chi connectivity index (χ4v) is 2.79. The number of aliphatic hydroxyl groups is 1. The molecule has 0 unspecified atom stereocenters. The summed E-state index contributed by atoms with van der Waals surface area (Å²) >= 11 is 0. The Bertz CT molecular complexity index is 537. The third kappa shape index (κ3) is 3.35. The van der Waals surface area contributed by atoms with Crippen molar-refractivity contribution in [3.8, 4) is 6.07 Å². The molecule has 98 valence electrons. The number of para-hydroxylation sites is 2. The van der Waals surface area contributed by atoms with Crippen LogP contribution in [0.2, 0.25) is 0 Å². The molecule has 0 fully saturated rings. The zero-order chi connectivity index (χ0) is 13.6. The largest absolute Gasteiger partial charge is 0.397 e. The highest BCUT2D eigenvalue weighted by atomic mass is 32.2. The summed E-state index contributed by atoms with van der Waals surface area (Å²) in [6.45, 7) is -0.453. The second kappa shape index (κ2) is 6.23. The van der Waals surface area contributed by atoms with Crippen LogP contribution in [0.1, 0.15) is 6.42 Å². The number of sulfonamides is 1. The molecule has 0 aliphatic rings. The molecular formula is C11H15N3O3S. The first-order valence-corrected chi connectivity index (χ1v) is 6.96. The summed E-state index contributed by atoms with van der Waals surface area (Å²) in [6.07, 6.45) is 0.0546. The molecule has 0 aliphatic carbocycles. The van der Waals surface area contributed by atoms with Gasteiger partial charge < -0.3 is 10.8 Å². The third-order valence-corrected chi connectivity index (χ3v) is 4.07.